The third-order valence-electron chi connectivity index (χ3n) is 5.53. The van der Waals surface area contributed by atoms with Crippen molar-refractivity contribution >= 4 is 27.3 Å². The monoisotopic (exact) mass is 512 g/mol. The summed E-state index contributed by atoms with van der Waals surface area (Å²) < 4.78 is 44.5. The van der Waals surface area contributed by atoms with Gasteiger partial charge in [0.25, 0.3) is 10.0 Å². The third-order valence-corrected chi connectivity index (χ3v) is 7.30. The van der Waals surface area contributed by atoms with Crippen LogP contribution in [0.15, 0.2) is 71.6 Å². The molecule has 3 aromatic carbocycles. The lowest BCUT2D eigenvalue weighted by atomic mass is 10.0. The molecule has 36 heavy (non-hydrogen) atoms. The highest BCUT2D eigenvalue weighted by Crippen LogP contribution is 2.32. The van der Waals surface area contributed by atoms with Crippen molar-refractivity contribution in [3.8, 4) is 17.2 Å². The first kappa shape index (κ1) is 26.9. The summed E-state index contributed by atoms with van der Waals surface area (Å²) in [6.07, 6.45) is 0. The van der Waals surface area contributed by atoms with Crippen LogP contribution in [0.2, 0.25) is 0 Å². The second-order valence-corrected chi connectivity index (χ2v) is 10.1. The van der Waals surface area contributed by atoms with Gasteiger partial charge in [-0.2, -0.15) is 0 Å². The SMILES string of the molecule is CCOc1ccc(N(CC(=O)Nc2ccc(C(C)C)cc2)S(=O)(=O)c2ccc(OC)c(OC)c2)cc1. The van der Waals surface area contributed by atoms with Crippen molar-refractivity contribution in [3.63, 3.8) is 0 Å². The van der Waals surface area contributed by atoms with Gasteiger partial charge in [-0.05, 0) is 66.9 Å². The number of rotatable bonds is 11. The summed E-state index contributed by atoms with van der Waals surface area (Å²) in [5.74, 6) is 1.13. The molecule has 0 radical (unpaired) electrons. The van der Waals surface area contributed by atoms with Crippen molar-refractivity contribution in [2.24, 2.45) is 0 Å². The zero-order valence-electron chi connectivity index (χ0n) is 21.1. The van der Waals surface area contributed by atoms with Crippen molar-refractivity contribution < 1.29 is 27.4 Å². The number of hydrogen-bond acceptors (Lipinski definition) is 6. The van der Waals surface area contributed by atoms with Gasteiger partial charge in [0.2, 0.25) is 5.91 Å². The molecule has 0 aromatic heterocycles. The lowest BCUT2D eigenvalue weighted by Gasteiger charge is -2.25. The number of nitrogens with one attached hydrogen (secondary N) is 1. The molecule has 0 atom stereocenters. The molecule has 1 amide bonds. The quantitative estimate of drug-likeness (QED) is 0.386. The second-order valence-electron chi connectivity index (χ2n) is 8.28. The Bertz CT molecular complexity index is 1270. The zero-order chi connectivity index (χ0) is 26.3. The minimum atomic E-state index is -4.15. The molecule has 0 saturated carbocycles. The maximum absolute atomic E-state index is 13.7. The minimum absolute atomic E-state index is 0.0388. The first-order valence-electron chi connectivity index (χ1n) is 11.6. The zero-order valence-corrected chi connectivity index (χ0v) is 22.0. The number of hydrogen-bond donors (Lipinski definition) is 1. The van der Waals surface area contributed by atoms with E-state index in [1.807, 2.05) is 19.1 Å². The van der Waals surface area contributed by atoms with Gasteiger partial charge in [-0.3, -0.25) is 9.10 Å². The molecule has 8 nitrogen and oxygen atoms in total. The molecular weight excluding hydrogens is 480 g/mol. The highest BCUT2D eigenvalue weighted by Gasteiger charge is 2.28. The van der Waals surface area contributed by atoms with Gasteiger partial charge in [-0.1, -0.05) is 26.0 Å². The van der Waals surface area contributed by atoms with Gasteiger partial charge in [-0.25, -0.2) is 8.42 Å². The van der Waals surface area contributed by atoms with Gasteiger partial charge in [0, 0.05) is 11.8 Å². The van der Waals surface area contributed by atoms with Crippen LogP contribution >= 0.6 is 0 Å². The Morgan fingerprint density at radius 3 is 2.11 bits per heavy atom. The number of nitrogens with zero attached hydrogens (tertiary/aromatic N) is 1. The second kappa shape index (κ2) is 11.8. The molecule has 1 N–H and O–H groups in total. The smallest absolute Gasteiger partial charge is 0.264 e. The van der Waals surface area contributed by atoms with Crippen LogP contribution < -0.4 is 23.8 Å². The Morgan fingerprint density at radius 1 is 0.917 bits per heavy atom. The summed E-state index contributed by atoms with van der Waals surface area (Å²) in [5.41, 5.74) is 2.04. The molecule has 9 heteroatoms. The fourth-order valence-corrected chi connectivity index (χ4v) is 5.01. The summed E-state index contributed by atoms with van der Waals surface area (Å²) in [5, 5.41) is 2.79. The van der Waals surface area contributed by atoms with Crippen LogP contribution in [0.5, 0.6) is 17.2 Å². The maximum atomic E-state index is 13.7. The highest BCUT2D eigenvalue weighted by molar-refractivity contribution is 7.92. The molecule has 0 spiro atoms. The van der Waals surface area contributed by atoms with Gasteiger partial charge in [-0.15, -0.1) is 0 Å². The van der Waals surface area contributed by atoms with E-state index in [0.29, 0.717) is 35.4 Å². The molecule has 192 valence electrons. The molecule has 0 aliphatic carbocycles. The number of anilines is 2. The van der Waals surface area contributed by atoms with E-state index in [4.69, 9.17) is 14.2 Å². The normalized spacial score (nSPS) is 11.2. The Hall–Kier alpha value is -3.72. The van der Waals surface area contributed by atoms with E-state index in [1.165, 1.54) is 32.4 Å². The van der Waals surface area contributed by atoms with Crippen LogP contribution in [0.4, 0.5) is 11.4 Å². The average molecular weight is 513 g/mol. The fourth-order valence-electron chi connectivity index (χ4n) is 3.58. The first-order chi connectivity index (χ1) is 17.2. The summed E-state index contributed by atoms with van der Waals surface area (Å²) in [7, 11) is -1.25. The van der Waals surface area contributed by atoms with E-state index in [0.717, 1.165) is 9.87 Å². The summed E-state index contributed by atoms with van der Waals surface area (Å²) in [4.78, 5) is 13.0. The van der Waals surface area contributed by atoms with E-state index in [2.05, 4.69) is 19.2 Å². The van der Waals surface area contributed by atoms with Crippen LogP contribution in [0.3, 0.4) is 0 Å². The highest BCUT2D eigenvalue weighted by atomic mass is 32.2. The standard InChI is InChI=1S/C27H32N2O6S/c1-6-35-23-13-11-22(12-14-23)29(18-27(30)28-21-9-7-20(8-10-21)19(2)3)36(31,32)24-15-16-25(33-4)26(17-24)34-5/h7-17,19H,6,18H2,1-5H3,(H,28,30). The number of sulfonamides is 1. The number of carbonyl (C=O) groups excluding carboxylic acids is 1. The predicted octanol–water partition coefficient (Wildman–Crippen LogP) is 5.06. The van der Waals surface area contributed by atoms with Crippen LogP contribution in [0, 0.1) is 0 Å². The number of amides is 1. The topological polar surface area (TPSA) is 94.2 Å². The van der Waals surface area contributed by atoms with Crippen LogP contribution in [-0.2, 0) is 14.8 Å². The lowest BCUT2D eigenvalue weighted by molar-refractivity contribution is -0.114. The molecular formula is C27H32N2O6S. The van der Waals surface area contributed by atoms with E-state index in [9.17, 15) is 13.2 Å². The molecule has 0 unspecified atom stereocenters. The Morgan fingerprint density at radius 2 is 1.56 bits per heavy atom. The number of ether oxygens (including phenoxy) is 3. The third kappa shape index (κ3) is 6.28. The number of benzene rings is 3. The lowest BCUT2D eigenvalue weighted by Crippen LogP contribution is -2.38. The number of methoxy groups -OCH3 is 2. The molecule has 3 aromatic rings. The number of carbonyl (C=O) groups is 1. The van der Waals surface area contributed by atoms with Crippen molar-refractivity contribution in [3.05, 3.63) is 72.3 Å². The molecule has 0 aliphatic heterocycles. The van der Waals surface area contributed by atoms with E-state index >= 15 is 0 Å². The average Bonchev–Trinajstić information content (AvgIpc) is 2.87. The Labute approximate surface area is 212 Å². The Balaban J connectivity index is 1.95. The largest absolute Gasteiger partial charge is 0.494 e. The van der Waals surface area contributed by atoms with E-state index < -0.39 is 22.5 Å². The van der Waals surface area contributed by atoms with Crippen molar-refractivity contribution in [1.82, 2.24) is 0 Å². The Kier molecular flexibility index (Phi) is 8.82. The van der Waals surface area contributed by atoms with E-state index in [-0.39, 0.29) is 10.6 Å². The molecule has 3 rings (SSSR count). The van der Waals surface area contributed by atoms with Gasteiger partial charge in [0.1, 0.15) is 12.3 Å². The summed E-state index contributed by atoms with van der Waals surface area (Å²) >= 11 is 0. The van der Waals surface area contributed by atoms with Gasteiger partial charge >= 0.3 is 0 Å². The summed E-state index contributed by atoms with van der Waals surface area (Å²) in [6, 6.07) is 18.3. The predicted molar refractivity (Wildman–Crippen MR) is 141 cm³/mol. The molecule has 0 saturated heterocycles. The minimum Gasteiger partial charge on any atom is -0.494 e. The van der Waals surface area contributed by atoms with Crippen LogP contribution in [0.1, 0.15) is 32.3 Å². The van der Waals surface area contributed by atoms with Crippen molar-refractivity contribution in [2.45, 2.75) is 31.6 Å². The van der Waals surface area contributed by atoms with Gasteiger partial charge in [0.05, 0.1) is 31.4 Å². The first-order valence-corrected chi connectivity index (χ1v) is 13.0. The van der Waals surface area contributed by atoms with Crippen LogP contribution in [0.25, 0.3) is 0 Å². The molecule has 0 fully saturated rings. The van der Waals surface area contributed by atoms with Gasteiger partial charge < -0.3 is 19.5 Å². The van der Waals surface area contributed by atoms with Crippen molar-refractivity contribution in [1.29, 1.82) is 0 Å². The van der Waals surface area contributed by atoms with Crippen molar-refractivity contribution in [2.75, 3.05) is 37.0 Å². The van der Waals surface area contributed by atoms with E-state index in [1.54, 1.807) is 36.4 Å². The molecule has 0 heterocycles. The maximum Gasteiger partial charge on any atom is 0.264 e. The molecule has 0 bridgehead atoms. The van der Waals surface area contributed by atoms with Crippen LogP contribution in [-0.4, -0.2) is 41.7 Å². The molecule has 0 aliphatic rings. The fraction of sp³-hybridized carbons (Fsp3) is 0.296. The van der Waals surface area contributed by atoms with Gasteiger partial charge in [0.15, 0.2) is 11.5 Å². The summed E-state index contributed by atoms with van der Waals surface area (Å²) in [6.45, 7) is 6.07.